The van der Waals surface area contributed by atoms with Gasteiger partial charge >= 0.3 is 12.1 Å². The van der Waals surface area contributed by atoms with Gasteiger partial charge in [0.2, 0.25) is 5.91 Å². The fraction of sp³-hybridized carbons (Fsp3) is 0.400. The SMILES string of the molecule is Cc1ccc(NC(=O)[C@H](CCC(=O)OCc2ccccc2)NC(=O)OC(C)(C)C)cc1C. The molecule has 0 spiro atoms. The Morgan fingerprint density at radius 2 is 1.66 bits per heavy atom. The van der Waals surface area contributed by atoms with E-state index in [0.717, 1.165) is 16.7 Å². The van der Waals surface area contributed by atoms with Gasteiger partial charge in [0, 0.05) is 12.1 Å². The third-order valence-electron chi connectivity index (χ3n) is 4.66. The maximum absolute atomic E-state index is 12.9. The summed E-state index contributed by atoms with van der Waals surface area (Å²) < 4.78 is 10.5. The zero-order valence-electron chi connectivity index (χ0n) is 19.4. The number of hydrogen-bond donors (Lipinski definition) is 2. The van der Waals surface area contributed by atoms with Crippen LogP contribution in [0.4, 0.5) is 10.5 Å². The number of benzene rings is 2. The van der Waals surface area contributed by atoms with Crippen LogP contribution in [0.25, 0.3) is 0 Å². The molecule has 0 aliphatic heterocycles. The Bertz CT molecular complexity index is 935. The van der Waals surface area contributed by atoms with Crippen molar-refractivity contribution in [3.05, 3.63) is 65.2 Å². The first-order valence-electron chi connectivity index (χ1n) is 10.6. The van der Waals surface area contributed by atoms with E-state index < -0.39 is 29.6 Å². The van der Waals surface area contributed by atoms with Crippen LogP contribution in [0, 0.1) is 13.8 Å². The van der Waals surface area contributed by atoms with E-state index in [0.29, 0.717) is 5.69 Å². The highest BCUT2D eigenvalue weighted by Gasteiger charge is 2.25. The molecule has 2 N–H and O–H groups in total. The van der Waals surface area contributed by atoms with E-state index in [-0.39, 0.29) is 19.4 Å². The number of alkyl carbamates (subject to hydrolysis) is 1. The zero-order valence-corrected chi connectivity index (χ0v) is 19.4. The number of nitrogens with one attached hydrogen (secondary N) is 2. The Morgan fingerprint density at radius 3 is 2.28 bits per heavy atom. The van der Waals surface area contributed by atoms with Gasteiger partial charge in [0.1, 0.15) is 18.2 Å². The average Bonchev–Trinajstić information content (AvgIpc) is 2.71. The molecule has 172 valence electrons. The summed E-state index contributed by atoms with van der Waals surface area (Å²) in [6.07, 6.45) is -0.688. The van der Waals surface area contributed by atoms with E-state index in [1.165, 1.54) is 0 Å². The van der Waals surface area contributed by atoms with Crippen LogP contribution in [0.5, 0.6) is 0 Å². The lowest BCUT2D eigenvalue weighted by Gasteiger charge is -2.23. The third-order valence-corrected chi connectivity index (χ3v) is 4.66. The van der Waals surface area contributed by atoms with Crippen LogP contribution in [0.1, 0.15) is 50.3 Å². The number of esters is 1. The molecule has 0 radical (unpaired) electrons. The normalized spacial score (nSPS) is 11.9. The van der Waals surface area contributed by atoms with Gasteiger partial charge in [0.05, 0.1) is 0 Å². The maximum atomic E-state index is 12.9. The standard InChI is InChI=1S/C25H32N2O5/c1-17-11-12-20(15-18(17)2)26-23(29)21(27-24(30)32-25(3,4)5)13-14-22(28)31-16-19-9-7-6-8-10-19/h6-12,15,21H,13-14,16H2,1-5H3,(H,26,29)(H,27,30)/t21-/m0/s1. The first kappa shape index (κ1) is 24.9. The lowest BCUT2D eigenvalue weighted by molar-refractivity contribution is -0.145. The largest absolute Gasteiger partial charge is 0.461 e. The van der Waals surface area contributed by atoms with E-state index >= 15 is 0 Å². The quantitative estimate of drug-likeness (QED) is 0.583. The predicted octanol–water partition coefficient (Wildman–Crippen LogP) is 4.66. The molecular weight excluding hydrogens is 408 g/mol. The number of rotatable bonds is 8. The average molecular weight is 441 g/mol. The fourth-order valence-corrected chi connectivity index (χ4v) is 2.84. The summed E-state index contributed by atoms with van der Waals surface area (Å²) in [6, 6.07) is 13.9. The van der Waals surface area contributed by atoms with E-state index in [4.69, 9.17) is 9.47 Å². The summed E-state index contributed by atoms with van der Waals surface area (Å²) in [6.45, 7) is 9.28. The molecule has 7 nitrogen and oxygen atoms in total. The Morgan fingerprint density at radius 1 is 0.969 bits per heavy atom. The van der Waals surface area contributed by atoms with Crippen molar-refractivity contribution in [2.45, 2.75) is 65.7 Å². The number of aryl methyl sites for hydroxylation is 2. The Labute approximate surface area is 189 Å². The molecule has 1 atom stereocenters. The molecule has 0 aromatic heterocycles. The van der Waals surface area contributed by atoms with Crippen molar-refractivity contribution in [3.8, 4) is 0 Å². The monoisotopic (exact) mass is 440 g/mol. The van der Waals surface area contributed by atoms with Gasteiger partial charge in [0.25, 0.3) is 0 Å². The van der Waals surface area contributed by atoms with Gasteiger partial charge in [-0.3, -0.25) is 9.59 Å². The van der Waals surface area contributed by atoms with E-state index in [1.54, 1.807) is 26.8 Å². The first-order chi connectivity index (χ1) is 15.0. The van der Waals surface area contributed by atoms with E-state index in [2.05, 4.69) is 10.6 Å². The second kappa shape index (κ2) is 11.3. The van der Waals surface area contributed by atoms with Crippen molar-refractivity contribution in [2.75, 3.05) is 5.32 Å². The van der Waals surface area contributed by atoms with Gasteiger partial charge in [0.15, 0.2) is 0 Å². The molecule has 2 rings (SSSR count). The zero-order chi connectivity index (χ0) is 23.7. The van der Waals surface area contributed by atoms with Crippen LogP contribution in [-0.4, -0.2) is 29.6 Å². The second-order valence-electron chi connectivity index (χ2n) is 8.67. The molecule has 7 heteroatoms. The van der Waals surface area contributed by atoms with E-state index in [9.17, 15) is 14.4 Å². The molecule has 0 bridgehead atoms. The summed E-state index contributed by atoms with van der Waals surface area (Å²) >= 11 is 0. The number of amides is 2. The summed E-state index contributed by atoms with van der Waals surface area (Å²) in [5, 5.41) is 5.37. The number of carbonyl (C=O) groups is 3. The minimum Gasteiger partial charge on any atom is -0.461 e. The first-order valence-corrected chi connectivity index (χ1v) is 10.6. The smallest absolute Gasteiger partial charge is 0.408 e. The van der Waals surface area contributed by atoms with E-state index in [1.807, 2.05) is 56.3 Å². The van der Waals surface area contributed by atoms with Gasteiger partial charge in [-0.1, -0.05) is 36.4 Å². The van der Waals surface area contributed by atoms with Crippen molar-refractivity contribution in [3.63, 3.8) is 0 Å². The van der Waals surface area contributed by atoms with Crippen LogP contribution in [0.2, 0.25) is 0 Å². The lowest BCUT2D eigenvalue weighted by atomic mass is 10.1. The predicted molar refractivity (Wildman–Crippen MR) is 123 cm³/mol. The van der Waals surface area contributed by atoms with Gasteiger partial charge < -0.3 is 20.1 Å². The maximum Gasteiger partial charge on any atom is 0.408 e. The fourth-order valence-electron chi connectivity index (χ4n) is 2.84. The van der Waals surface area contributed by atoms with Gasteiger partial charge in [-0.25, -0.2) is 4.79 Å². The molecule has 0 heterocycles. The van der Waals surface area contributed by atoms with Gasteiger partial charge in [-0.15, -0.1) is 0 Å². The summed E-state index contributed by atoms with van der Waals surface area (Å²) in [5.41, 5.74) is 2.90. The highest BCUT2D eigenvalue weighted by Crippen LogP contribution is 2.15. The molecule has 0 saturated carbocycles. The second-order valence-corrected chi connectivity index (χ2v) is 8.67. The number of carbonyl (C=O) groups excluding carboxylic acids is 3. The molecule has 0 saturated heterocycles. The Hall–Kier alpha value is -3.35. The Balaban J connectivity index is 2.00. The lowest BCUT2D eigenvalue weighted by Crippen LogP contribution is -2.46. The molecule has 32 heavy (non-hydrogen) atoms. The van der Waals surface area contributed by atoms with Crippen molar-refractivity contribution < 1.29 is 23.9 Å². The third kappa shape index (κ3) is 8.79. The minimum atomic E-state index is -0.962. The molecular formula is C25H32N2O5. The molecule has 0 aliphatic rings. The van der Waals surface area contributed by atoms with Crippen LogP contribution in [0.15, 0.2) is 48.5 Å². The van der Waals surface area contributed by atoms with Crippen molar-refractivity contribution >= 4 is 23.7 Å². The Kier molecular flexibility index (Phi) is 8.81. The number of ether oxygens (including phenoxy) is 2. The van der Waals surface area contributed by atoms with Gasteiger partial charge in [-0.05, 0) is 69.9 Å². The van der Waals surface area contributed by atoms with Crippen LogP contribution in [-0.2, 0) is 25.7 Å². The summed E-state index contributed by atoms with van der Waals surface area (Å²) in [4.78, 5) is 37.3. The van der Waals surface area contributed by atoms with Crippen molar-refractivity contribution in [2.24, 2.45) is 0 Å². The van der Waals surface area contributed by atoms with Gasteiger partial charge in [-0.2, -0.15) is 0 Å². The van der Waals surface area contributed by atoms with Crippen LogP contribution >= 0.6 is 0 Å². The molecule has 2 aromatic carbocycles. The van der Waals surface area contributed by atoms with Crippen molar-refractivity contribution in [1.82, 2.24) is 5.32 Å². The molecule has 0 aliphatic carbocycles. The summed E-state index contributed by atoms with van der Waals surface area (Å²) in [7, 11) is 0. The minimum absolute atomic E-state index is 0.0341. The molecule has 2 amide bonds. The number of hydrogen-bond acceptors (Lipinski definition) is 5. The number of anilines is 1. The topological polar surface area (TPSA) is 93.7 Å². The molecule has 2 aromatic rings. The summed E-state index contributed by atoms with van der Waals surface area (Å²) in [5.74, 6) is -0.890. The van der Waals surface area contributed by atoms with Crippen LogP contribution in [0.3, 0.4) is 0 Å². The highest BCUT2D eigenvalue weighted by atomic mass is 16.6. The van der Waals surface area contributed by atoms with Crippen molar-refractivity contribution in [1.29, 1.82) is 0 Å². The molecule has 0 unspecified atom stereocenters. The van der Waals surface area contributed by atoms with Crippen LogP contribution < -0.4 is 10.6 Å². The highest BCUT2D eigenvalue weighted by molar-refractivity contribution is 5.96. The molecule has 0 fully saturated rings.